The minimum atomic E-state index is -3.81. The number of amides is 1. The molecule has 2 heterocycles. The summed E-state index contributed by atoms with van der Waals surface area (Å²) in [6.45, 7) is 2.31. The molecule has 1 aromatic carbocycles. The fourth-order valence-corrected chi connectivity index (χ4v) is 4.40. The Kier molecular flexibility index (Phi) is 5.85. The van der Waals surface area contributed by atoms with Gasteiger partial charge >= 0.3 is 0 Å². The van der Waals surface area contributed by atoms with Crippen LogP contribution in [-0.2, 0) is 27.1 Å². The number of nitrogens with zero attached hydrogens (tertiary/aromatic N) is 3. The molecule has 1 unspecified atom stereocenters. The SMILES string of the molecule is Cc1noc(CN2CCCCC(NS(=O)(=O)Cc3cccc(F)c3)C2=O)n1. The van der Waals surface area contributed by atoms with Gasteiger partial charge in [0.25, 0.3) is 0 Å². The van der Waals surface area contributed by atoms with Crippen molar-refractivity contribution in [2.24, 2.45) is 0 Å². The zero-order chi connectivity index (χ0) is 19.4. The van der Waals surface area contributed by atoms with Crippen molar-refractivity contribution in [1.29, 1.82) is 0 Å². The van der Waals surface area contributed by atoms with Gasteiger partial charge in [0.1, 0.15) is 18.4 Å². The van der Waals surface area contributed by atoms with Crippen LogP contribution in [0.25, 0.3) is 0 Å². The third kappa shape index (κ3) is 5.33. The molecule has 0 spiro atoms. The Hall–Kier alpha value is -2.33. The predicted molar refractivity (Wildman–Crippen MR) is 94.3 cm³/mol. The molecular weight excluding hydrogens is 375 g/mol. The van der Waals surface area contributed by atoms with Gasteiger partial charge < -0.3 is 9.42 Å². The molecule has 8 nitrogen and oxygen atoms in total. The van der Waals surface area contributed by atoms with Crippen molar-refractivity contribution in [2.75, 3.05) is 6.54 Å². The standard InChI is InChI=1S/C17H21FN4O4S/c1-12-19-16(26-20-12)10-22-8-3-2-7-15(17(22)23)21-27(24,25)11-13-5-4-6-14(18)9-13/h4-6,9,15,21H,2-3,7-8,10-11H2,1H3. The Bertz CT molecular complexity index is 915. The fourth-order valence-electron chi connectivity index (χ4n) is 3.04. The van der Waals surface area contributed by atoms with Crippen LogP contribution in [0.2, 0.25) is 0 Å². The Morgan fingerprint density at radius 1 is 1.37 bits per heavy atom. The summed E-state index contributed by atoms with van der Waals surface area (Å²) in [7, 11) is -3.81. The number of likely N-dealkylation sites (tertiary alicyclic amines) is 1. The van der Waals surface area contributed by atoms with E-state index in [0.29, 0.717) is 36.7 Å². The molecule has 0 aliphatic carbocycles. The summed E-state index contributed by atoms with van der Waals surface area (Å²) in [5.41, 5.74) is 0.321. The van der Waals surface area contributed by atoms with Gasteiger partial charge in [0.2, 0.25) is 21.8 Å². The first kappa shape index (κ1) is 19.4. The largest absolute Gasteiger partial charge is 0.337 e. The van der Waals surface area contributed by atoms with Crippen molar-refractivity contribution in [3.05, 3.63) is 47.4 Å². The average molecular weight is 396 g/mol. The van der Waals surface area contributed by atoms with Crippen molar-refractivity contribution < 1.29 is 22.1 Å². The van der Waals surface area contributed by atoms with Gasteiger partial charge in [-0.05, 0) is 43.9 Å². The number of carbonyl (C=O) groups is 1. The second kappa shape index (κ2) is 8.13. The summed E-state index contributed by atoms with van der Waals surface area (Å²) in [6, 6.07) is 4.52. The number of halogens is 1. The van der Waals surface area contributed by atoms with Crippen LogP contribution in [0.4, 0.5) is 4.39 Å². The Morgan fingerprint density at radius 2 is 2.19 bits per heavy atom. The third-order valence-corrected chi connectivity index (χ3v) is 5.60. The molecular formula is C17H21FN4O4S. The molecule has 0 bridgehead atoms. The highest BCUT2D eigenvalue weighted by atomic mass is 32.2. The molecule has 0 saturated carbocycles. The molecule has 146 valence electrons. The zero-order valence-corrected chi connectivity index (χ0v) is 15.7. The minimum Gasteiger partial charge on any atom is -0.337 e. The van der Waals surface area contributed by atoms with Gasteiger partial charge in [0, 0.05) is 6.54 Å². The van der Waals surface area contributed by atoms with E-state index in [-0.39, 0.29) is 12.5 Å². The van der Waals surface area contributed by atoms with E-state index >= 15 is 0 Å². The van der Waals surface area contributed by atoms with Crippen LogP contribution in [0, 0.1) is 12.7 Å². The number of hydrogen-bond acceptors (Lipinski definition) is 6. The van der Waals surface area contributed by atoms with E-state index in [1.807, 2.05) is 0 Å². The van der Waals surface area contributed by atoms with Gasteiger partial charge in [0.05, 0.1) is 5.75 Å². The van der Waals surface area contributed by atoms with E-state index in [4.69, 9.17) is 4.52 Å². The Labute approximate surface area is 156 Å². The second-order valence-electron chi connectivity index (χ2n) is 6.55. The quantitative estimate of drug-likeness (QED) is 0.794. The Balaban J connectivity index is 1.69. The predicted octanol–water partition coefficient (Wildman–Crippen LogP) is 1.52. The topological polar surface area (TPSA) is 105 Å². The minimum absolute atomic E-state index is 0.141. The van der Waals surface area contributed by atoms with Crippen LogP contribution < -0.4 is 4.72 Å². The molecule has 0 radical (unpaired) electrons. The number of aryl methyl sites for hydroxylation is 1. The lowest BCUT2D eigenvalue weighted by molar-refractivity contribution is -0.133. The van der Waals surface area contributed by atoms with Crippen LogP contribution in [0.1, 0.15) is 36.5 Å². The first-order chi connectivity index (χ1) is 12.8. The number of nitrogens with one attached hydrogen (secondary N) is 1. The van der Waals surface area contributed by atoms with E-state index in [2.05, 4.69) is 14.9 Å². The van der Waals surface area contributed by atoms with Gasteiger partial charge in [-0.15, -0.1) is 0 Å². The molecule has 1 amide bonds. The van der Waals surface area contributed by atoms with Crippen molar-refractivity contribution in [3.63, 3.8) is 0 Å². The first-order valence-electron chi connectivity index (χ1n) is 8.65. The van der Waals surface area contributed by atoms with Crippen molar-refractivity contribution in [1.82, 2.24) is 19.8 Å². The zero-order valence-electron chi connectivity index (χ0n) is 14.9. The number of aromatic nitrogens is 2. The van der Waals surface area contributed by atoms with Crippen molar-refractivity contribution in [2.45, 2.75) is 44.5 Å². The van der Waals surface area contributed by atoms with E-state index in [1.165, 1.54) is 29.2 Å². The highest BCUT2D eigenvalue weighted by Crippen LogP contribution is 2.17. The lowest BCUT2D eigenvalue weighted by Gasteiger charge is -2.23. The fraction of sp³-hybridized carbons (Fsp3) is 0.471. The maximum Gasteiger partial charge on any atom is 0.246 e. The number of sulfonamides is 1. The van der Waals surface area contributed by atoms with E-state index in [9.17, 15) is 17.6 Å². The monoisotopic (exact) mass is 396 g/mol. The number of benzene rings is 1. The van der Waals surface area contributed by atoms with Gasteiger partial charge in [-0.3, -0.25) is 4.79 Å². The molecule has 3 rings (SSSR count). The molecule has 1 N–H and O–H groups in total. The van der Waals surface area contributed by atoms with Gasteiger partial charge in [-0.1, -0.05) is 17.3 Å². The number of hydrogen-bond donors (Lipinski definition) is 1. The molecule has 1 atom stereocenters. The summed E-state index contributed by atoms with van der Waals surface area (Å²) in [5, 5.41) is 3.70. The normalized spacial score (nSPS) is 18.5. The maximum atomic E-state index is 13.3. The number of rotatable bonds is 6. The second-order valence-corrected chi connectivity index (χ2v) is 8.30. The van der Waals surface area contributed by atoms with Crippen LogP contribution in [-0.4, -0.2) is 42.0 Å². The van der Waals surface area contributed by atoms with E-state index < -0.39 is 27.6 Å². The molecule has 1 aliphatic heterocycles. The molecule has 1 fully saturated rings. The summed E-state index contributed by atoms with van der Waals surface area (Å²) in [6.07, 6.45) is 1.86. The number of carbonyl (C=O) groups excluding carboxylic acids is 1. The molecule has 2 aromatic rings. The lowest BCUT2D eigenvalue weighted by atomic mass is 10.1. The molecule has 10 heteroatoms. The van der Waals surface area contributed by atoms with Crippen LogP contribution >= 0.6 is 0 Å². The van der Waals surface area contributed by atoms with E-state index in [1.54, 1.807) is 6.92 Å². The summed E-state index contributed by atoms with van der Waals surface area (Å²) in [4.78, 5) is 18.4. The Morgan fingerprint density at radius 3 is 2.89 bits per heavy atom. The van der Waals surface area contributed by atoms with Gasteiger partial charge in [0.15, 0.2) is 5.82 Å². The highest BCUT2D eigenvalue weighted by molar-refractivity contribution is 7.88. The molecule has 1 aromatic heterocycles. The molecule has 27 heavy (non-hydrogen) atoms. The van der Waals surface area contributed by atoms with Gasteiger partial charge in [-0.2, -0.15) is 4.98 Å². The summed E-state index contributed by atoms with van der Waals surface area (Å²) >= 11 is 0. The highest BCUT2D eigenvalue weighted by Gasteiger charge is 2.31. The van der Waals surface area contributed by atoms with Crippen molar-refractivity contribution in [3.8, 4) is 0 Å². The van der Waals surface area contributed by atoms with Gasteiger partial charge in [-0.25, -0.2) is 17.5 Å². The first-order valence-corrected chi connectivity index (χ1v) is 10.3. The summed E-state index contributed by atoms with van der Waals surface area (Å²) < 4.78 is 45.7. The lowest BCUT2D eigenvalue weighted by Crippen LogP contribution is -2.47. The van der Waals surface area contributed by atoms with Crippen molar-refractivity contribution >= 4 is 15.9 Å². The molecule has 1 aliphatic rings. The van der Waals surface area contributed by atoms with Crippen LogP contribution in [0.3, 0.4) is 0 Å². The van der Waals surface area contributed by atoms with Crippen LogP contribution in [0.5, 0.6) is 0 Å². The summed E-state index contributed by atoms with van der Waals surface area (Å²) in [5.74, 6) is -0.443. The molecule has 1 saturated heterocycles. The smallest absolute Gasteiger partial charge is 0.246 e. The average Bonchev–Trinajstić information content (AvgIpc) is 2.92. The van der Waals surface area contributed by atoms with E-state index in [0.717, 1.165) is 6.42 Å². The van der Waals surface area contributed by atoms with Crippen LogP contribution in [0.15, 0.2) is 28.8 Å². The third-order valence-electron chi connectivity index (χ3n) is 4.24. The maximum absolute atomic E-state index is 13.3.